The fraction of sp³-hybridized carbons (Fsp3) is 0.652. The molecule has 1 aromatic carbocycles. The first kappa shape index (κ1) is 20.0. The molecule has 4 aliphatic carbocycles. The van der Waals surface area contributed by atoms with E-state index < -0.39 is 5.97 Å². The Balaban J connectivity index is 1.15. The zero-order valence-electron chi connectivity index (χ0n) is 17.2. The lowest BCUT2D eigenvalue weighted by molar-refractivity contribution is -0.151. The Morgan fingerprint density at radius 2 is 1.48 bits per heavy atom. The minimum absolute atomic E-state index is 0.0548. The van der Waals surface area contributed by atoms with Crippen molar-refractivity contribution >= 4 is 11.9 Å². The number of rotatable bonds is 9. The van der Waals surface area contributed by atoms with E-state index in [1.807, 2.05) is 31.2 Å². The maximum absolute atomic E-state index is 12.8. The van der Waals surface area contributed by atoms with Crippen LogP contribution in [0.5, 0.6) is 11.5 Å². The second-order valence-corrected chi connectivity index (χ2v) is 8.85. The third-order valence-electron chi connectivity index (χ3n) is 6.66. The predicted octanol–water partition coefficient (Wildman–Crippen LogP) is 3.34. The van der Waals surface area contributed by atoms with E-state index in [-0.39, 0.29) is 31.1 Å². The third kappa shape index (κ3) is 4.68. The van der Waals surface area contributed by atoms with Crippen LogP contribution in [0.3, 0.4) is 0 Å². The number of esters is 1. The molecule has 0 radical (unpaired) electrons. The number of amides is 1. The quantitative estimate of drug-likeness (QED) is 0.507. The fourth-order valence-electron chi connectivity index (χ4n) is 5.89. The lowest BCUT2D eigenvalue weighted by atomic mass is 9.49. The van der Waals surface area contributed by atoms with E-state index in [4.69, 9.17) is 14.2 Å². The average molecular weight is 402 g/mol. The van der Waals surface area contributed by atoms with Crippen LogP contribution in [-0.2, 0) is 14.3 Å². The van der Waals surface area contributed by atoms with Crippen LogP contribution in [0.2, 0.25) is 0 Å². The molecule has 0 spiro atoms. The van der Waals surface area contributed by atoms with Crippen molar-refractivity contribution in [2.75, 3.05) is 26.4 Å². The Labute approximate surface area is 172 Å². The number of nitrogens with one attached hydrogen (secondary N) is 1. The lowest BCUT2D eigenvalue weighted by Gasteiger charge is -2.55. The Morgan fingerprint density at radius 3 is 2.03 bits per heavy atom. The molecule has 29 heavy (non-hydrogen) atoms. The van der Waals surface area contributed by atoms with E-state index in [2.05, 4.69) is 5.32 Å². The van der Waals surface area contributed by atoms with Crippen LogP contribution in [0.25, 0.3) is 0 Å². The van der Waals surface area contributed by atoms with Crippen LogP contribution in [0.1, 0.15) is 45.4 Å². The molecule has 1 aromatic rings. The average Bonchev–Trinajstić information content (AvgIpc) is 2.70. The molecule has 6 nitrogen and oxygen atoms in total. The molecule has 5 rings (SSSR count). The molecule has 4 fully saturated rings. The van der Waals surface area contributed by atoms with E-state index in [0.29, 0.717) is 30.1 Å². The van der Waals surface area contributed by atoms with Gasteiger partial charge in [-0.05, 0) is 87.5 Å². The number of hydrogen-bond acceptors (Lipinski definition) is 5. The van der Waals surface area contributed by atoms with Gasteiger partial charge in [0, 0.05) is 5.41 Å². The van der Waals surface area contributed by atoms with Crippen molar-refractivity contribution in [3.63, 3.8) is 0 Å². The van der Waals surface area contributed by atoms with Crippen molar-refractivity contribution in [3.05, 3.63) is 24.3 Å². The number of benzene rings is 1. The molecule has 6 heteroatoms. The molecule has 0 saturated heterocycles. The second-order valence-electron chi connectivity index (χ2n) is 8.85. The number of carbonyl (C=O) groups is 2. The van der Waals surface area contributed by atoms with Crippen molar-refractivity contribution < 1.29 is 23.8 Å². The molecular formula is C23H31NO5. The summed E-state index contributed by atoms with van der Waals surface area (Å²) in [6, 6.07) is 7.31. The monoisotopic (exact) mass is 401 g/mol. The highest BCUT2D eigenvalue weighted by molar-refractivity contribution is 5.86. The van der Waals surface area contributed by atoms with Gasteiger partial charge >= 0.3 is 5.97 Å². The maximum atomic E-state index is 12.8. The maximum Gasteiger partial charge on any atom is 0.325 e. The summed E-state index contributed by atoms with van der Waals surface area (Å²) in [6.45, 7) is 2.91. The molecule has 0 atom stereocenters. The van der Waals surface area contributed by atoms with Crippen LogP contribution in [0.15, 0.2) is 24.3 Å². The summed E-state index contributed by atoms with van der Waals surface area (Å²) in [5, 5.41) is 2.85. The molecule has 1 amide bonds. The van der Waals surface area contributed by atoms with E-state index in [0.717, 1.165) is 25.0 Å². The standard InChI is InChI=1S/C23H31NO5/c1-2-27-19-3-5-20(6-4-19)28-7-8-29-21(25)15-24-22(26)23-12-16-9-17(13-23)11-18(10-16)14-23/h3-6,16-18H,2,7-15H2,1H3,(H,24,26). The molecule has 0 heterocycles. The van der Waals surface area contributed by atoms with Gasteiger partial charge in [-0.25, -0.2) is 0 Å². The van der Waals surface area contributed by atoms with Crippen LogP contribution >= 0.6 is 0 Å². The molecule has 158 valence electrons. The highest BCUT2D eigenvalue weighted by atomic mass is 16.6. The van der Waals surface area contributed by atoms with Crippen LogP contribution < -0.4 is 14.8 Å². The SMILES string of the molecule is CCOc1ccc(OCCOC(=O)CNC(=O)C23CC4CC(CC(C4)C2)C3)cc1. The molecule has 4 bridgehead atoms. The zero-order valence-corrected chi connectivity index (χ0v) is 17.2. The van der Waals surface area contributed by atoms with Gasteiger partial charge in [0.2, 0.25) is 5.91 Å². The van der Waals surface area contributed by atoms with Gasteiger partial charge in [0.05, 0.1) is 6.61 Å². The van der Waals surface area contributed by atoms with Gasteiger partial charge in [-0.15, -0.1) is 0 Å². The molecule has 0 aromatic heterocycles. The van der Waals surface area contributed by atoms with Crippen molar-refractivity contribution in [1.82, 2.24) is 5.32 Å². The summed E-state index contributed by atoms with van der Waals surface area (Å²) in [5.74, 6) is 3.24. The highest BCUT2D eigenvalue weighted by Gasteiger charge is 2.54. The Morgan fingerprint density at radius 1 is 0.931 bits per heavy atom. The molecular weight excluding hydrogens is 370 g/mol. The normalized spacial score (nSPS) is 29.3. The summed E-state index contributed by atoms with van der Waals surface area (Å²) in [7, 11) is 0. The van der Waals surface area contributed by atoms with Gasteiger partial charge in [-0.2, -0.15) is 0 Å². The van der Waals surface area contributed by atoms with Crippen LogP contribution in [0, 0.1) is 23.2 Å². The topological polar surface area (TPSA) is 73.9 Å². The minimum atomic E-state index is -0.418. The summed E-state index contributed by atoms with van der Waals surface area (Å²) < 4.78 is 16.1. The van der Waals surface area contributed by atoms with Crippen molar-refractivity contribution in [2.45, 2.75) is 45.4 Å². The van der Waals surface area contributed by atoms with Crippen molar-refractivity contribution in [2.24, 2.45) is 23.2 Å². The van der Waals surface area contributed by atoms with Gasteiger partial charge < -0.3 is 19.5 Å². The Kier molecular flexibility index (Phi) is 5.97. The summed E-state index contributed by atoms with van der Waals surface area (Å²) in [5.41, 5.74) is -0.230. The molecule has 4 saturated carbocycles. The molecule has 1 N–H and O–H groups in total. The summed E-state index contributed by atoms with van der Waals surface area (Å²) in [6.07, 6.45) is 6.87. The smallest absolute Gasteiger partial charge is 0.325 e. The predicted molar refractivity (Wildman–Crippen MR) is 108 cm³/mol. The zero-order chi connectivity index (χ0) is 20.3. The fourth-order valence-corrected chi connectivity index (χ4v) is 5.89. The Bertz CT molecular complexity index is 694. The molecule has 4 aliphatic rings. The lowest BCUT2D eigenvalue weighted by Crippen LogP contribution is -2.54. The second kappa shape index (κ2) is 8.64. The Hall–Kier alpha value is -2.24. The number of ether oxygens (including phenoxy) is 3. The highest BCUT2D eigenvalue weighted by Crippen LogP contribution is 2.60. The largest absolute Gasteiger partial charge is 0.494 e. The van der Waals surface area contributed by atoms with Gasteiger partial charge in [0.25, 0.3) is 0 Å². The minimum Gasteiger partial charge on any atom is -0.494 e. The van der Waals surface area contributed by atoms with Crippen LogP contribution in [-0.4, -0.2) is 38.2 Å². The summed E-state index contributed by atoms with van der Waals surface area (Å²) >= 11 is 0. The first-order chi connectivity index (χ1) is 14.1. The van der Waals surface area contributed by atoms with Crippen LogP contribution in [0.4, 0.5) is 0 Å². The van der Waals surface area contributed by atoms with E-state index in [1.54, 1.807) is 0 Å². The number of hydrogen-bond donors (Lipinski definition) is 1. The van der Waals surface area contributed by atoms with E-state index in [9.17, 15) is 9.59 Å². The first-order valence-electron chi connectivity index (χ1n) is 10.9. The van der Waals surface area contributed by atoms with Gasteiger partial charge in [-0.1, -0.05) is 0 Å². The third-order valence-corrected chi connectivity index (χ3v) is 6.66. The van der Waals surface area contributed by atoms with E-state index >= 15 is 0 Å². The molecule has 0 unspecified atom stereocenters. The molecule has 0 aliphatic heterocycles. The van der Waals surface area contributed by atoms with Gasteiger partial charge in [0.15, 0.2) is 0 Å². The van der Waals surface area contributed by atoms with E-state index in [1.165, 1.54) is 19.3 Å². The van der Waals surface area contributed by atoms with Crippen molar-refractivity contribution in [3.8, 4) is 11.5 Å². The van der Waals surface area contributed by atoms with Gasteiger partial charge in [0.1, 0.15) is 31.3 Å². The van der Waals surface area contributed by atoms with Gasteiger partial charge in [-0.3, -0.25) is 9.59 Å². The van der Waals surface area contributed by atoms with Crippen molar-refractivity contribution in [1.29, 1.82) is 0 Å². The summed E-state index contributed by atoms with van der Waals surface area (Å²) in [4.78, 5) is 24.8. The number of carbonyl (C=O) groups excluding carboxylic acids is 2. The first-order valence-corrected chi connectivity index (χ1v) is 10.9.